The topological polar surface area (TPSA) is 76.2 Å². The van der Waals surface area contributed by atoms with E-state index in [1.54, 1.807) is 0 Å². The second-order valence-electron chi connectivity index (χ2n) is 3.08. The number of ether oxygens (including phenoxy) is 1. The quantitative estimate of drug-likeness (QED) is 0.406. The van der Waals surface area contributed by atoms with E-state index in [1.165, 1.54) is 11.8 Å². The van der Waals surface area contributed by atoms with Crippen LogP contribution in [0.2, 0.25) is 0 Å². The highest BCUT2D eigenvalue weighted by Gasteiger charge is 2.32. The van der Waals surface area contributed by atoms with Gasteiger partial charge < -0.3 is 10.5 Å². The average Bonchev–Trinajstić information content (AvgIpc) is 2.43. The van der Waals surface area contributed by atoms with E-state index in [2.05, 4.69) is 0 Å². The number of cyclic esters (lactones) is 1. The molecule has 2 atom stereocenters. The molecule has 0 aromatic heterocycles. The van der Waals surface area contributed by atoms with E-state index >= 15 is 0 Å². The summed E-state index contributed by atoms with van der Waals surface area (Å²) in [4.78, 5) is 11.1. The fourth-order valence-electron chi connectivity index (χ4n) is 1.34. The molecule has 5 heteroatoms. The third-order valence-corrected chi connectivity index (χ3v) is 2.93. The highest BCUT2D eigenvalue weighted by atomic mass is 32.2. The third kappa shape index (κ3) is 2.91. The Labute approximate surface area is 81.7 Å². The number of nitrogens with two attached hydrogens (primary N) is 1. The number of rotatable bonds is 3. The number of carbonyl (C=O) groups is 1. The van der Waals surface area contributed by atoms with Gasteiger partial charge in [0.25, 0.3) is 0 Å². The van der Waals surface area contributed by atoms with E-state index in [1.807, 2.05) is 6.92 Å². The molecular formula is C8H14N2O2S. The van der Waals surface area contributed by atoms with Gasteiger partial charge in [0.2, 0.25) is 0 Å². The van der Waals surface area contributed by atoms with Gasteiger partial charge in [0.15, 0.2) is 5.17 Å². The van der Waals surface area contributed by atoms with Crippen molar-refractivity contribution in [2.75, 3.05) is 5.75 Å². The molecule has 1 saturated heterocycles. The largest absolute Gasteiger partial charge is 0.461 e. The van der Waals surface area contributed by atoms with Crippen molar-refractivity contribution in [3.05, 3.63) is 0 Å². The molecule has 0 saturated carbocycles. The summed E-state index contributed by atoms with van der Waals surface area (Å²) >= 11 is 1.23. The van der Waals surface area contributed by atoms with Crippen LogP contribution in [0.15, 0.2) is 0 Å². The summed E-state index contributed by atoms with van der Waals surface area (Å²) in [5.74, 6) is 0.562. The number of carbonyl (C=O) groups excluding carboxylic acids is 1. The minimum absolute atomic E-state index is 0.0497. The zero-order valence-corrected chi connectivity index (χ0v) is 8.39. The zero-order valence-electron chi connectivity index (χ0n) is 7.58. The Bertz CT molecular complexity index is 220. The molecule has 0 unspecified atom stereocenters. The Morgan fingerprint density at radius 1 is 1.85 bits per heavy atom. The summed E-state index contributed by atoms with van der Waals surface area (Å²) in [5, 5.41) is 7.08. The number of hydrogen-bond donors (Lipinski definition) is 2. The van der Waals surface area contributed by atoms with Crippen LogP contribution in [0.4, 0.5) is 0 Å². The van der Waals surface area contributed by atoms with E-state index in [9.17, 15) is 4.79 Å². The highest BCUT2D eigenvalue weighted by molar-refractivity contribution is 8.13. The van der Waals surface area contributed by atoms with Gasteiger partial charge >= 0.3 is 5.97 Å². The third-order valence-electron chi connectivity index (χ3n) is 2.08. The summed E-state index contributed by atoms with van der Waals surface area (Å²) in [6.07, 6.45) is 1.56. The van der Waals surface area contributed by atoms with Gasteiger partial charge in [-0.25, -0.2) is 0 Å². The van der Waals surface area contributed by atoms with Crippen LogP contribution in [0.5, 0.6) is 0 Å². The predicted molar refractivity (Wildman–Crippen MR) is 52.7 cm³/mol. The van der Waals surface area contributed by atoms with Gasteiger partial charge in [0.05, 0.1) is 5.92 Å². The average molecular weight is 202 g/mol. The molecule has 1 fully saturated rings. The van der Waals surface area contributed by atoms with E-state index in [0.717, 1.165) is 12.8 Å². The molecule has 0 spiro atoms. The number of hydrogen-bond acceptors (Lipinski definition) is 4. The van der Waals surface area contributed by atoms with Gasteiger partial charge in [-0.05, 0) is 12.8 Å². The van der Waals surface area contributed by atoms with Crippen molar-refractivity contribution in [3.63, 3.8) is 0 Å². The lowest BCUT2D eigenvalue weighted by Crippen LogP contribution is -2.14. The molecule has 0 aliphatic carbocycles. The van der Waals surface area contributed by atoms with Gasteiger partial charge in [-0.2, -0.15) is 0 Å². The minimum atomic E-state index is -0.100. The first-order valence-corrected chi connectivity index (χ1v) is 5.29. The van der Waals surface area contributed by atoms with Crippen LogP contribution in [-0.4, -0.2) is 23.0 Å². The number of nitrogens with one attached hydrogen (secondary N) is 1. The van der Waals surface area contributed by atoms with Crippen molar-refractivity contribution in [2.45, 2.75) is 25.9 Å². The first-order chi connectivity index (χ1) is 6.13. The molecule has 0 amide bonds. The molecule has 1 heterocycles. The molecule has 0 aromatic rings. The van der Waals surface area contributed by atoms with Crippen LogP contribution in [0, 0.1) is 11.3 Å². The summed E-state index contributed by atoms with van der Waals surface area (Å²) in [7, 11) is 0. The molecule has 4 nitrogen and oxygen atoms in total. The molecule has 1 aliphatic heterocycles. The number of thioether (sulfide) groups is 1. The minimum Gasteiger partial charge on any atom is -0.461 e. The lowest BCUT2D eigenvalue weighted by molar-refractivity contribution is -0.143. The van der Waals surface area contributed by atoms with Crippen LogP contribution >= 0.6 is 11.8 Å². The summed E-state index contributed by atoms with van der Waals surface area (Å²) < 4.78 is 5.10. The lowest BCUT2D eigenvalue weighted by Gasteiger charge is -2.06. The van der Waals surface area contributed by atoms with Gasteiger partial charge in [-0.15, -0.1) is 0 Å². The maximum Gasteiger partial charge on any atom is 0.309 e. The van der Waals surface area contributed by atoms with Crippen LogP contribution in [0.3, 0.4) is 0 Å². The Kier molecular flexibility index (Phi) is 3.59. The van der Waals surface area contributed by atoms with Crippen molar-refractivity contribution in [3.8, 4) is 0 Å². The van der Waals surface area contributed by atoms with Crippen molar-refractivity contribution >= 4 is 22.9 Å². The maximum absolute atomic E-state index is 11.1. The Balaban J connectivity index is 2.31. The monoisotopic (exact) mass is 202 g/mol. The number of esters is 1. The van der Waals surface area contributed by atoms with Gasteiger partial charge in [0.1, 0.15) is 6.10 Å². The summed E-state index contributed by atoms with van der Waals surface area (Å²) in [6.45, 7) is 1.98. The Morgan fingerprint density at radius 3 is 3.00 bits per heavy atom. The SMILES string of the molecule is CC[C@@H]1C[C@@H](CSC(=N)N)OC1=O. The second-order valence-corrected chi connectivity index (χ2v) is 4.14. The fourth-order valence-corrected chi connectivity index (χ4v) is 1.91. The smallest absolute Gasteiger partial charge is 0.309 e. The first-order valence-electron chi connectivity index (χ1n) is 4.30. The van der Waals surface area contributed by atoms with Crippen molar-refractivity contribution in [1.29, 1.82) is 5.41 Å². The van der Waals surface area contributed by atoms with E-state index in [4.69, 9.17) is 15.9 Å². The maximum atomic E-state index is 11.1. The summed E-state index contributed by atoms with van der Waals surface area (Å²) in [5.41, 5.74) is 5.18. The van der Waals surface area contributed by atoms with Crippen LogP contribution in [0.25, 0.3) is 0 Å². The van der Waals surface area contributed by atoms with Crippen molar-refractivity contribution in [2.24, 2.45) is 11.7 Å². The molecule has 1 rings (SSSR count). The lowest BCUT2D eigenvalue weighted by atomic mass is 10.0. The normalized spacial score (nSPS) is 27.3. The zero-order chi connectivity index (χ0) is 9.84. The van der Waals surface area contributed by atoms with Crippen molar-refractivity contribution in [1.82, 2.24) is 0 Å². The van der Waals surface area contributed by atoms with E-state index < -0.39 is 0 Å². The van der Waals surface area contributed by atoms with Crippen LogP contribution in [0.1, 0.15) is 19.8 Å². The molecule has 74 valence electrons. The molecule has 3 N–H and O–H groups in total. The molecule has 13 heavy (non-hydrogen) atoms. The fraction of sp³-hybridized carbons (Fsp3) is 0.750. The molecular weight excluding hydrogens is 188 g/mol. The van der Waals surface area contributed by atoms with Crippen molar-refractivity contribution < 1.29 is 9.53 Å². The molecule has 1 aliphatic rings. The summed E-state index contributed by atoms with van der Waals surface area (Å²) in [6, 6.07) is 0. The van der Waals surface area contributed by atoms with Gasteiger partial charge in [-0.1, -0.05) is 18.7 Å². The first kappa shape index (κ1) is 10.4. The Hall–Kier alpha value is -0.710. The molecule has 0 bridgehead atoms. The van der Waals surface area contributed by atoms with Crippen LogP contribution in [-0.2, 0) is 9.53 Å². The molecule has 0 aromatic carbocycles. The van der Waals surface area contributed by atoms with Gasteiger partial charge in [0, 0.05) is 5.75 Å². The van der Waals surface area contributed by atoms with Crippen LogP contribution < -0.4 is 5.73 Å². The molecule has 0 radical (unpaired) electrons. The predicted octanol–water partition coefficient (Wildman–Crippen LogP) is 0.955. The second kappa shape index (κ2) is 4.50. The number of amidine groups is 1. The highest BCUT2D eigenvalue weighted by Crippen LogP contribution is 2.25. The van der Waals surface area contributed by atoms with E-state index in [-0.39, 0.29) is 23.2 Å². The Morgan fingerprint density at radius 2 is 2.54 bits per heavy atom. The standard InChI is InChI=1S/C8H14N2O2S/c1-2-5-3-6(12-7(5)11)4-13-8(9)10/h5-6H,2-4H2,1H3,(H3,9,10)/t5-,6+/m1/s1. The van der Waals surface area contributed by atoms with Gasteiger partial charge in [-0.3, -0.25) is 10.2 Å². The van der Waals surface area contributed by atoms with E-state index in [0.29, 0.717) is 5.75 Å².